The van der Waals surface area contributed by atoms with E-state index in [1.54, 1.807) is 36.5 Å². The Kier molecular flexibility index (Phi) is 10.7. The van der Waals surface area contributed by atoms with Crippen molar-refractivity contribution in [2.75, 3.05) is 19.7 Å². The summed E-state index contributed by atoms with van der Waals surface area (Å²) in [6.07, 6.45) is 3.28. The first-order valence-electron chi connectivity index (χ1n) is 16.2. The number of fused-ring (bicyclic) bond motifs is 15. The maximum absolute atomic E-state index is 13.7. The maximum Gasteiger partial charge on any atom is 0.270 e. The minimum absolute atomic E-state index is 0.0704. The van der Waals surface area contributed by atoms with Gasteiger partial charge >= 0.3 is 0 Å². The number of aromatic nitrogens is 1. The lowest BCUT2D eigenvalue weighted by molar-refractivity contribution is -0.142. The molecule has 0 unspecified atom stereocenters. The molecule has 5 amide bonds. The number of ether oxygens (including phenoxy) is 1. The molecule has 3 aromatic rings. The van der Waals surface area contributed by atoms with E-state index in [1.165, 1.54) is 11.8 Å². The summed E-state index contributed by atoms with van der Waals surface area (Å²) in [5, 5.41) is 12.9. The van der Waals surface area contributed by atoms with E-state index in [2.05, 4.69) is 26.3 Å². The van der Waals surface area contributed by atoms with Crippen molar-refractivity contribution in [3.8, 4) is 5.75 Å². The van der Waals surface area contributed by atoms with Gasteiger partial charge in [0.25, 0.3) is 5.91 Å². The van der Waals surface area contributed by atoms with E-state index < -0.39 is 41.9 Å². The highest BCUT2D eigenvalue weighted by Gasteiger charge is 2.38. The molecule has 47 heavy (non-hydrogen) atoms. The van der Waals surface area contributed by atoms with Crippen molar-refractivity contribution in [2.45, 2.75) is 70.6 Å². The molecule has 248 valence electrons. The Morgan fingerprint density at radius 1 is 1.00 bits per heavy atom. The Morgan fingerprint density at radius 2 is 1.74 bits per heavy atom. The molecule has 0 spiro atoms. The standard InChI is InChI=1S/C35H42N6O6/c1-21(2)17-29-35(46)41-15-6-9-30(41)34(45)36-14-16-47-26-12-10-23(11-13-26)18-28(33(44)38-22(3)31(42)40-29)39-32(43)27-19-24-7-4-5-8-25(24)20-37-27/h4-5,7-8,10-13,19-22,28-30H,6,9,14-18H2,1-3H3,(H,36,45)(H,38,44)(H,39,43)(H,40,42)/t22-,28+,29+,30-/m1/s1. The molecule has 4 atom stereocenters. The third kappa shape index (κ3) is 8.43. The van der Waals surface area contributed by atoms with Crippen molar-refractivity contribution < 1.29 is 28.7 Å². The molecule has 12 heteroatoms. The van der Waals surface area contributed by atoms with Crippen LogP contribution in [-0.4, -0.2) is 83.3 Å². The number of hydrogen-bond acceptors (Lipinski definition) is 7. The molecule has 4 heterocycles. The van der Waals surface area contributed by atoms with Gasteiger partial charge in [0.2, 0.25) is 23.6 Å². The van der Waals surface area contributed by atoms with Crippen LogP contribution in [0.3, 0.4) is 0 Å². The molecule has 0 aliphatic carbocycles. The predicted octanol–water partition coefficient (Wildman–Crippen LogP) is 2.11. The zero-order valence-corrected chi connectivity index (χ0v) is 27.0. The van der Waals surface area contributed by atoms with Crippen LogP contribution >= 0.6 is 0 Å². The number of nitrogens with zero attached hydrogens (tertiary/aromatic N) is 2. The Balaban J connectivity index is 1.39. The highest BCUT2D eigenvalue weighted by Crippen LogP contribution is 2.21. The van der Waals surface area contributed by atoms with Gasteiger partial charge in [-0.2, -0.15) is 0 Å². The number of hydrogen-bond donors (Lipinski definition) is 4. The van der Waals surface area contributed by atoms with Crippen LogP contribution in [0.4, 0.5) is 0 Å². The van der Waals surface area contributed by atoms with Crippen LogP contribution in [0, 0.1) is 5.92 Å². The maximum atomic E-state index is 13.7. The largest absolute Gasteiger partial charge is 0.492 e. The average molecular weight is 643 g/mol. The number of nitrogens with one attached hydrogen (secondary N) is 4. The molecular formula is C35H42N6O6. The highest BCUT2D eigenvalue weighted by molar-refractivity contribution is 6.00. The molecule has 0 saturated carbocycles. The molecule has 6 rings (SSSR count). The number of carbonyl (C=O) groups is 5. The second-order valence-corrected chi connectivity index (χ2v) is 12.5. The number of benzene rings is 2. The lowest BCUT2D eigenvalue weighted by Crippen LogP contribution is -2.58. The Bertz CT molecular complexity index is 1630. The summed E-state index contributed by atoms with van der Waals surface area (Å²) in [5.74, 6) is -1.60. The molecule has 1 fully saturated rings. The zero-order valence-electron chi connectivity index (χ0n) is 27.0. The Hall–Kier alpha value is -5.00. The fourth-order valence-electron chi connectivity index (χ4n) is 5.94. The summed E-state index contributed by atoms with van der Waals surface area (Å²) in [6.45, 7) is 6.29. The molecule has 2 bridgehead atoms. The third-order valence-electron chi connectivity index (χ3n) is 8.43. The van der Waals surface area contributed by atoms with Crippen molar-refractivity contribution in [1.82, 2.24) is 31.2 Å². The molecule has 2 aromatic carbocycles. The van der Waals surface area contributed by atoms with E-state index in [0.29, 0.717) is 31.6 Å². The Morgan fingerprint density at radius 3 is 2.49 bits per heavy atom. The van der Waals surface area contributed by atoms with Crippen molar-refractivity contribution in [2.24, 2.45) is 5.92 Å². The van der Waals surface area contributed by atoms with Gasteiger partial charge in [-0.3, -0.25) is 29.0 Å². The molecule has 0 radical (unpaired) electrons. The van der Waals surface area contributed by atoms with E-state index in [-0.39, 0.29) is 43.0 Å². The van der Waals surface area contributed by atoms with Gasteiger partial charge in [-0.1, -0.05) is 50.2 Å². The van der Waals surface area contributed by atoms with Crippen molar-refractivity contribution >= 4 is 40.3 Å². The molecular weight excluding hydrogens is 600 g/mol. The van der Waals surface area contributed by atoms with E-state index in [1.807, 2.05) is 38.1 Å². The molecule has 4 N–H and O–H groups in total. The summed E-state index contributed by atoms with van der Waals surface area (Å²) in [4.78, 5) is 73.0. The molecule has 1 saturated heterocycles. The van der Waals surface area contributed by atoms with Gasteiger partial charge in [0.05, 0.1) is 6.54 Å². The number of amides is 5. The topological polar surface area (TPSA) is 159 Å². The monoisotopic (exact) mass is 642 g/mol. The first-order valence-corrected chi connectivity index (χ1v) is 16.2. The third-order valence-corrected chi connectivity index (χ3v) is 8.43. The molecule has 3 aliphatic heterocycles. The van der Waals surface area contributed by atoms with Crippen molar-refractivity contribution in [1.29, 1.82) is 0 Å². The normalized spacial score (nSPS) is 23.0. The van der Waals surface area contributed by atoms with Gasteiger partial charge in [0, 0.05) is 24.5 Å². The predicted molar refractivity (Wildman–Crippen MR) is 175 cm³/mol. The molecule has 1 aromatic heterocycles. The van der Waals surface area contributed by atoms with Gasteiger partial charge in [0.1, 0.15) is 42.2 Å². The minimum atomic E-state index is -1.04. The molecule has 3 aliphatic rings. The van der Waals surface area contributed by atoms with Gasteiger partial charge in [-0.15, -0.1) is 0 Å². The van der Waals surface area contributed by atoms with Crippen molar-refractivity contribution in [3.63, 3.8) is 0 Å². The van der Waals surface area contributed by atoms with E-state index in [0.717, 1.165) is 16.3 Å². The number of pyridine rings is 1. The van der Waals surface area contributed by atoms with Crippen LogP contribution < -0.4 is 26.0 Å². The fourth-order valence-corrected chi connectivity index (χ4v) is 5.94. The average Bonchev–Trinajstić information content (AvgIpc) is 3.55. The smallest absolute Gasteiger partial charge is 0.270 e. The summed E-state index contributed by atoms with van der Waals surface area (Å²) in [6, 6.07) is 12.7. The van der Waals surface area contributed by atoms with Gasteiger partial charge in [-0.25, -0.2) is 0 Å². The quantitative estimate of drug-likeness (QED) is 0.339. The lowest BCUT2D eigenvalue weighted by Gasteiger charge is -2.30. The van der Waals surface area contributed by atoms with Crippen LogP contribution in [0.1, 0.15) is 56.1 Å². The van der Waals surface area contributed by atoms with E-state index >= 15 is 0 Å². The summed E-state index contributed by atoms with van der Waals surface area (Å²) in [5.41, 5.74) is 0.896. The minimum Gasteiger partial charge on any atom is -0.492 e. The van der Waals surface area contributed by atoms with Crippen LogP contribution in [0.25, 0.3) is 10.8 Å². The van der Waals surface area contributed by atoms with Crippen LogP contribution in [0.15, 0.2) is 60.8 Å². The lowest BCUT2D eigenvalue weighted by atomic mass is 10.0. The number of rotatable bonds is 4. The second-order valence-electron chi connectivity index (χ2n) is 12.5. The molecule has 12 nitrogen and oxygen atoms in total. The zero-order chi connectivity index (χ0) is 33.5. The summed E-state index contributed by atoms with van der Waals surface area (Å²) >= 11 is 0. The second kappa shape index (κ2) is 15.1. The van der Waals surface area contributed by atoms with Crippen LogP contribution in [0.2, 0.25) is 0 Å². The first-order chi connectivity index (χ1) is 22.6. The van der Waals surface area contributed by atoms with E-state index in [9.17, 15) is 24.0 Å². The van der Waals surface area contributed by atoms with Gasteiger partial charge < -0.3 is 30.9 Å². The summed E-state index contributed by atoms with van der Waals surface area (Å²) in [7, 11) is 0. The Labute approximate surface area is 274 Å². The van der Waals surface area contributed by atoms with Crippen LogP contribution in [-0.2, 0) is 25.6 Å². The first kappa shape index (κ1) is 33.4. The van der Waals surface area contributed by atoms with Crippen molar-refractivity contribution in [3.05, 3.63) is 72.1 Å². The van der Waals surface area contributed by atoms with Crippen LogP contribution in [0.5, 0.6) is 5.75 Å². The summed E-state index contributed by atoms with van der Waals surface area (Å²) < 4.78 is 5.81. The SMILES string of the molecule is CC(C)C[C@@H]1NC(=O)[C@@H](C)NC(=O)[C@@H](NC(=O)c2cc3ccccc3cn2)Cc2ccc(cc2)OCCNC(=O)[C@H]2CCCN2C1=O. The van der Waals surface area contributed by atoms with Gasteiger partial charge in [0.15, 0.2) is 0 Å². The number of carbonyl (C=O) groups excluding carboxylic acids is 5. The fraction of sp³-hybridized carbons (Fsp3) is 0.429. The van der Waals surface area contributed by atoms with E-state index in [4.69, 9.17) is 4.74 Å². The highest BCUT2D eigenvalue weighted by atomic mass is 16.5. The van der Waals surface area contributed by atoms with Gasteiger partial charge in [-0.05, 0) is 61.3 Å².